The van der Waals surface area contributed by atoms with Gasteiger partial charge in [-0.05, 0) is 67.7 Å². The maximum Gasteiger partial charge on any atom is 0.257 e. The normalized spacial score (nSPS) is 16.4. The van der Waals surface area contributed by atoms with Gasteiger partial charge in [-0.25, -0.2) is 4.63 Å². The lowest BCUT2D eigenvalue weighted by atomic mass is 9.91. The fourth-order valence-corrected chi connectivity index (χ4v) is 4.70. The minimum atomic E-state index is 0.0145. The van der Waals surface area contributed by atoms with E-state index in [0.717, 1.165) is 38.8 Å². The Kier molecular flexibility index (Phi) is 6.51. The van der Waals surface area contributed by atoms with Crippen LogP contribution in [0.15, 0.2) is 65.6 Å². The van der Waals surface area contributed by atoms with Crippen LogP contribution < -0.4 is 4.74 Å². The number of para-hydroxylation sites is 1. The molecule has 174 valence electrons. The number of nitrogens with zero attached hydrogens (tertiary/aromatic N) is 4. The first-order valence-corrected chi connectivity index (χ1v) is 11.8. The van der Waals surface area contributed by atoms with Gasteiger partial charge in [0, 0.05) is 30.9 Å². The summed E-state index contributed by atoms with van der Waals surface area (Å²) >= 11 is 0. The number of likely N-dealkylation sites (tertiary alicyclic amines) is 1. The number of ether oxygens (including phenoxy) is 1. The highest BCUT2D eigenvalue weighted by Gasteiger charge is 2.24. The van der Waals surface area contributed by atoms with Crippen molar-refractivity contribution in [2.24, 2.45) is 5.92 Å². The topological polar surface area (TPSA) is 81.3 Å². The lowest BCUT2D eigenvalue weighted by molar-refractivity contribution is 0.0755. The van der Waals surface area contributed by atoms with E-state index in [-0.39, 0.29) is 12.5 Å². The zero-order valence-corrected chi connectivity index (χ0v) is 19.3. The first-order valence-electron chi connectivity index (χ1n) is 11.8. The van der Waals surface area contributed by atoms with Crippen LogP contribution in [0, 0.1) is 12.8 Å². The van der Waals surface area contributed by atoms with Crippen molar-refractivity contribution in [3.8, 4) is 5.75 Å². The molecule has 2 aromatic carbocycles. The first-order chi connectivity index (χ1) is 16.7. The number of amides is 1. The van der Waals surface area contributed by atoms with E-state index in [2.05, 4.69) is 39.6 Å². The second-order valence-electron chi connectivity index (χ2n) is 8.89. The Morgan fingerprint density at radius 2 is 2.00 bits per heavy atom. The van der Waals surface area contributed by atoms with Gasteiger partial charge < -0.3 is 9.64 Å². The highest BCUT2D eigenvalue weighted by Crippen LogP contribution is 2.28. The quantitative estimate of drug-likeness (QED) is 0.407. The third kappa shape index (κ3) is 4.78. The Labute approximate surface area is 198 Å². The van der Waals surface area contributed by atoms with Crippen LogP contribution in [0.3, 0.4) is 0 Å². The fourth-order valence-electron chi connectivity index (χ4n) is 4.70. The van der Waals surface area contributed by atoms with Crippen molar-refractivity contribution in [3.05, 3.63) is 83.4 Å². The number of aromatic nitrogens is 3. The van der Waals surface area contributed by atoms with Crippen molar-refractivity contribution >= 4 is 16.7 Å². The summed E-state index contributed by atoms with van der Waals surface area (Å²) in [6.45, 7) is 3.52. The Hall–Kier alpha value is -3.74. The lowest BCUT2D eigenvalue weighted by Gasteiger charge is -2.22. The third-order valence-corrected chi connectivity index (χ3v) is 6.65. The molecule has 1 fully saturated rings. The molecule has 0 spiro atoms. The monoisotopic (exact) mass is 456 g/mol. The largest absolute Gasteiger partial charge is 0.486 e. The lowest BCUT2D eigenvalue weighted by Crippen LogP contribution is -2.32. The second kappa shape index (κ2) is 10.0. The number of rotatable bonds is 6. The number of pyridine rings is 1. The number of aryl methyl sites for hydroxylation is 1. The maximum atomic E-state index is 13.4. The molecule has 1 aliphatic rings. The van der Waals surface area contributed by atoms with Gasteiger partial charge in [-0.15, -0.1) is 0 Å². The average Bonchev–Trinajstić information content (AvgIpc) is 3.14. The summed E-state index contributed by atoms with van der Waals surface area (Å²) in [4.78, 5) is 19.7. The minimum Gasteiger partial charge on any atom is -0.486 e. The summed E-state index contributed by atoms with van der Waals surface area (Å²) in [5.74, 6) is 1.11. The molecule has 1 saturated heterocycles. The average molecular weight is 457 g/mol. The summed E-state index contributed by atoms with van der Waals surface area (Å²) < 4.78 is 10.7. The molecule has 5 rings (SSSR count). The molecule has 1 atom stereocenters. The van der Waals surface area contributed by atoms with E-state index in [0.29, 0.717) is 28.6 Å². The van der Waals surface area contributed by atoms with E-state index in [1.165, 1.54) is 16.3 Å². The zero-order valence-electron chi connectivity index (χ0n) is 19.3. The standard InChI is InChI=1S/C27H28N4O3/c1-19-25(30-34-29-19)18-33-26-10-3-2-9-23(26)27(32)31-14-5-6-20(12-15-31)16-22-8-4-7-21-11-13-28-17-24(21)22/h2-4,7-11,13,17,20H,5-6,12,14-16,18H2,1H3/t20-/m0/s1. The summed E-state index contributed by atoms with van der Waals surface area (Å²) in [6.07, 6.45) is 7.89. The molecule has 1 amide bonds. The van der Waals surface area contributed by atoms with Crippen LogP contribution in [0.5, 0.6) is 5.75 Å². The van der Waals surface area contributed by atoms with Crippen LogP contribution in [0.2, 0.25) is 0 Å². The van der Waals surface area contributed by atoms with Gasteiger partial charge >= 0.3 is 0 Å². The molecule has 0 bridgehead atoms. The number of hydrogen-bond acceptors (Lipinski definition) is 6. The molecular weight excluding hydrogens is 428 g/mol. The van der Waals surface area contributed by atoms with Crippen LogP contribution in [0.1, 0.15) is 46.6 Å². The van der Waals surface area contributed by atoms with E-state index in [4.69, 9.17) is 9.37 Å². The van der Waals surface area contributed by atoms with Gasteiger partial charge in [0.1, 0.15) is 23.7 Å². The Morgan fingerprint density at radius 3 is 2.88 bits per heavy atom. The molecule has 1 aliphatic heterocycles. The van der Waals surface area contributed by atoms with Crippen LogP contribution in [0.25, 0.3) is 10.8 Å². The summed E-state index contributed by atoms with van der Waals surface area (Å²) in [5.41, 5.74) is 3.23. The van der Waals surface area contributed by atoms with Crippen molar-refractivity contribution in [2.75, 3.05) is 13.1 Å². The highest BCUT2D eigenvalue weighted by molar-refractivity contribution is 5.97. The van der Waals surface area contributed by atoms with Crippen LogP contribution in [-0.4, -0.2) is 39.2 Å². The van der Waals surface area contributed by atoms with Crippen molar-refractivity contribution in [1.82, 2.24) is 20.2 Å². The maximum absolute atomic E-state index is 13.4. The van der Waals surface area contributed by atoms with Gasteiger partial charge in [0.25, 0.3) is 5.91 Å². The van der Waals surface area contributed by atoms with Crippen molar-refractivity contribution < 1.29 is 14.2 Å². The summed E-state index contributed by atoms with van der Waals surface area (Å²) in [5, 5.41) is 10.1. The van der Waals surface area contributed by atoms with Gasteiger partial charge in [0.05, 0.1) is 5.56 Å². The molecule has 0 aliphatic carbocycles. The van der Waals surface area contributed by atoms with E-state index in [1.807, 2.05) is 48.5 Å². The molecule has 7 nitrogen and oxygen atoms in total. The van der Waals surface area contributed by atoms with Gasteiger partial charge in [-0.2, -0.15) is 0 Å². The molecule has 3 heterocycles. The molecular formula is C27H28N4O3. The molecule has 0 radical (unpaired) electrons. The molecule has 0 unspecified atom stereocenters. The predicted molar refractivity (Wildman–Crippen MR) is 129 cm³/mol. The van der Waals surface area contributed by atoms with Crippen LogP contribution in [-0.2, 0) is 13.0 Å². The Bertz CT molecular complexity index is 1280. The van der Waals surface area contributed by atoms with Crippen molar-refractivity contribution in [1.29, 1.82) is 0 Å². The SMILES string of the molecule is Cc1nonc1COc1ccccc1C(=O)N1CCC[C@H](Cc2cccc3ccncc23)CC1. The smallest absolute Gasteiger partial charge is 0.257 e. The van der Waals surface area contributed by atoms with Gasteiger partial charge in [0.15, 0.2) is 0 Å². The molecule has 0 N–H and O–H groups in total. The van der Waals surface area contributed by atoms with Gasteiger partial charge in [0.2, 0.25) is 0 Å². The molecule has 4 aromatic rings. The van der Waals surface area contributed by atoms with Gasteiger partial charge in [-0.1, -0.05) is 40.6 Å². The van der Waals surface area contributed by atoms with E-state index in [9.17, 15) is 4.79 Å². The highest BCUT2D eigenvalue weighted by atomic mass is 16.6. The molecule has 34 heavy (non-hydrogen) atoms. The summed E-state index contributed by atoms with van der Waals surface area (Å²) in [7, 11) is 0. The Morgan fingerprint density at radius 1 is 1.09 bits per heavy atom. The predicted octanol–water partition coefficient (Wildman–Crippen LogP) is 4.99. The molecule has 7 heteroatoms. The second-order valence-corrected chi connectivity index (χ2v) is 8.89. The third-order valence-electron chi connectivity index (χ3n) is 6.65. The van der Waals surface area contributed by atoms with Crippen molar-refractivity contribution in [3.63, 3.8) is 0 Å². The number of carbonyl (C=O) groups excluding carboxylic acids is 1. The first kappa shape index (κ1) is 22.1. The van der Waals surface area contributed by atoms with E-state index in [1.54, 1.807) is 0 Å². The Balaban J connectivity index is 1.25. The molecule has 0 saturated carbocycles. The number of carbonyl (C=O) groups is 1. The van der Waals surface area contributed by atoms with Gasteiger partial charge in [-0.3, -0.25) is 9.78 Å². The minimum absolute atomic E-state index is 0.0145. The van der Waals surface area contributed by atoms with E-state index < -0.39 is 0 Å². The molecule has 2 aromatic heterocycles. The summed E-state index contributed by atoms with van der Waals surface area (Å²) in [6, 6.07) is 15.9. The van der Waals surface area contributed by atoms with Crippen LogP contribution >= 0.6 is 0 Å². The zero-order chi connectivity index (χ0) is 23.3. The number of benzene rings is 2. The van der Waals surface area contributed by atoms with Crippen molar-refractivity contribution in [2.45, 2.75) is 39.2 Å². The van der Waals surface area contributed by atoms with Crippen LogP contribution in [0.4, 0.5) is 0 Å². The number of hydrogen-bond donors (Lipinski definition) is 0. The number of fused-ring (bicyclic) bond motifs is 1. The fraction of sp³-hybridized carbons (Fsp3) is 0.333. The van der Waals surface area contributed by atoms with E-state index >= 15 is 0 Å².